The molecule has 19 atom stereocenters. The average molecular weight is 1220 g/mol. The number of nitrogens with zero attached hydrogens (tertiary/aromatic N) is 2. The van der Waals surface area contributed by atoms with E-state index in [4.69, 9.17) is 42.7 Å². The topological polar surface area (TPSA) is 500 Å². The normalized spacial score (nSPS) is 33.6. The molecule has 0 radical (unpaired) electrons. The van der Waals surface area contributed by atoms with E-state index in [-0.39, 0.29) is 70.8 Å². The number of ether oxygens (including phenoxy) is 8. The molecule has 0 spiro atoms. The average Bonchev–Trinajstić information content (AvgIpc) is 2.87. The van der Waals surface area contributed by atoms with E-state index in [1.165, 1.54) is 4.90 Å². The fourth-order valence-corrected chi connectivity index (χ4v) is 9.34. The molecule has 34 heteroatoms. The lowest BCUT2D eigenvalue weighted by atomic mass is 9.96. The van der Waals surface area contributed by atoms with Gasteiger partial charge in [0, 0.05) is 58.3 Å². The van der Waals surface area contributed by atoms with Gasteiger partial charge in [-0.15, -0.1) is 5.06 Å². The summed E-state index contributed by atoms with van der Waals surface area (Å²) in [5, 5.41) is 135. The molecule has 5 aliphatic heterocycles. The van der Waals surface area contributed by atoms with E-state index in [0.29, 0.717) is 43.6 Å². The number of amides is 6. The minimum Gasteiger partial charge on any atom is -0.394 e. The number of nitrogens with one attached hydrogen (secondary N) is 4. The molecule has 34 nitrogen and oxygen atoms in total. The third kappa shape index (κ3) is 21.5. The van der Waals surface area contributed by atoms with E-state index in [0.717, 1.165) is 0 Å². The number of carbonyl (C=O) groups excluding carboxylic acids is 7. The van der Waals surface area contributed by atoms with Gasteiger partial charge in [-0.2, -0.15) is 0 Å². The fraction of sp³-hybridized carbons (Fsp3) is 0.860. The summed E-state index contributed by atoms with van der Waals surface area (Å²) in [5.41, 5.74) is 0. The first kappa shape index (κ1) is 70.4. The second-order valence-electron chi connectivity index (χ2n) is 20.9. The van der Waals surface area contributed by atoms with Crippen molar-refractivity contribution in [3.8, 4) is 0 Å². The van der Waals surface area contributed by atoms with Crippen LogP contribution in [-0.2, 0) is 76.3 Å². The molecule has 5 rings (SSSR count). The number of hydroxylamine groups is 2. The first-order chi connectivity index (χ1) is 40.0. The summed E-state index contributed by atoms with van der Waals surface area (Å²) < 4.78 is 44.5. The first-order valence-electron chi connectivity index (χ1n) is 28.0. The van der Waals surface area contributed by atoms with Crippen molar-refractivity contribution < 1.29 is 138 Å². The minimum absolute atomic E-state index is 0.0487. The fourth-order valence-electron chi connectivity index (χ4n) is 9.34. The molecule has 5 aliphatic rings. The summed E-state index contributed by atoms with van der Waals surface area (Å²) in [6.07, 6.45) is -27.1. The monoisotopic (exact) mass is 1220 g/mol. The van der Waals surface area contributed by atoms with Crippen molar-refractivity contribution >= 4 is 41.4 Å². The quantitative estimate of drug-likeness (QED) is 0.0210. The van der Waals surface area contributed by atoms with Crippen LogP contribution >= 0.6 is 0 Å². The van der Waals surface area contributed by atoms with Crippen LogP contribution in [0.25, 0.3) is 0 Å². The number of hydrogen-bond acceptors (Lipinski definition) is 29. The van der Waals surface area contributed by atoms with Gasteiger partial charge in [-0.05, 0) is 32.6 Å². The molecule has 84 heavy (non-hydrogen) atoms. The lowest BCUT2D eigenvalue weighted by molar-refractivity contribution is -0.366. The van der Waals surface area contributed by atoms with E-state index >= 15 is 0 Å². The largest absolute Gasteiger partial charge is 0.394 e. The van der Waals surface area contributed by atoms with Gasteiger partial charge in [0.05, 0.1) is 64.9 Å². The second kappa shape index (κ2) is 35.5. The van der Waals surface area contributed by atoms with E-state index < -0.39 is 198 Å². The Kier molecular flexibility index (Phi) is 29.7. The van der Waals surface area contributed by atoms with Gasteiger partial charge >= 0.3 is 5.97 Å². The highest BCUT2D eigenvalue weighted by Gasteiger charge is 2.52. The molecule has 0 bridgehead atoms. The molecule has 5 fully saturated rings. The SMILES string of the molecule is C[C@@H]1O[C@@H](OCCNC(=O)CCCCCNC(=O)CN(CC(=O)NCCCCCC(=O)ON2C(=O)CCC2=O)CC(=O)NCCO[C@H]2O[C@H](CO[C@H]3O[C@H](CO)[C@@H](O)[C@H](O)[C@@H]3O)[C@@H](O)[C@H](O[C@H]3O[C@H](CO)[C@@H](O)[C@H](O)[C@@H]3O)[C@@H]2O)[C@@H](O)C[C@@H]1O. The van der Waals surface area contributed by atoms with Crippen LogP contribution in [-0.4, -0.2) is 308 Å². The zero-order chi connectivity index (χ0) is 61.6. The highest BCUT2D eigenvalue weighted by atomic mass is 16.8. The minimum atomic E-state index is -1.99. The Bertz CT molecular complexity index is 2070. The highest BCUT2D eigenvalue weighted by molar-refractivity contribution is 6.01. The van der Waals surface area contributed by atoms with Gasteiger partial charge in [0.2, 0.25) is 23.6 Å². The van der Waals surface area contributed by atoms with Crippen molar-refractivity contribution in [2.75, 3.05) is 78.8 Å². The molecule has 0 aromatic heterocycles. The van der Waals surface area contributed by atoms with E-state index in [1.54, 1.807) is 6.92 Å². The Morgan fingerprint density at radius 3 is 1.55 bits per heavy atom. The lowest BCUT2D eigenvalue weighted by Crippen LogP contribution is -2.65. The van der Waals surface area contributed by atoms with Crippen molar-refractivity contribution in [3.63, 3.8) is 0 Å². The summed E-state index contributed by atoms with van der Waals surface area (Å²) in [6, 6.07) is 0. The van der Waals surface area contributed by atoms with Crippen LogP contribution in [0.3, 0.4) is 0 Å². The summed E-state index contributed by atoms with van der Waals surface area (Å²) >= 11 is 0. The molecule has 5 saturated heterocycles. The van der Waals surface area contributed by atoms with Crippen molar-refractivity contribution in [2.24, 2.45) is 0 Å². The molecular formula is C50H84N6O28. The van der Waals surface area contributed by atoms with Crippen LogP contribution in [0.2, 0.25) is 0 Å². The Morgan fingerprint density at radius 2 is 0.988 bits per heavy atom. The zero-order valence-electron chi connectivity index (χ0n) is 46.5. The zero-order valence-corrected chi connectivity index (χ0v) is 46.5. The summed E-state index contributed by atoms with van der Waals surface area (Å²) in [5.74, 6) is -4.06. The first-order valence-corrected chi connectivity index (χ1v) is 28.0. The molecule has 0 unspecified atom stereocenters. The third-order valence-corrected chi connectivity index (χ3v) is 14.2. The smallest absolute Gasteiger partial charge is 0.333 e. The van der Waals surface area contributed by atoms with Crippen LogP contribution in [0.5, 0.6) is 0 Å². The third-order valence-electron chi connectivity index (χ3n) is 14.2. The number of aliphatic hydroxyl groups excluding tert-OH is 12. The maximum atomic E-state index is 13.4. The number of hydrogen-bond donors (Lipinski definition) is 16. The van der Waals surface area contributed by atoms with E-state index in [1.807, 2.05) is 0 Å². The molecule has 6 amide bonds. The van der Waals surface area contributed by atoms with Crippen molar-refractivity contribution in [2.45, 2.75) is 194 Å². The van der Waals surface area contributed by atoms with Gasteiger partial charge in [-0.1, -0.05) is 12.8 Å². The maximum Gasteiger partial charge on any atom is 0.333 e. The summed E-state index contributed by atoms with van der Waals surface area (Å²) in [6.45, 7) is -2.29. The number of rotatable bonds is 34. The highest BCUT2D eigenvalue weighted by Crippen LogP contribution is 2.31. The molecule has 5 heterocycles. The van der Waals surface area contributed by atoms with Gasteiger partial charge < -0.3 is 125 Å². The van der Waals surface area contributed by atoms with Crippen LogP contribution in [0.1, 0.15) is 77.6 Å². The Morgan fingerprint density at radius 1 is 0.512 bits per heavy atom. The van der Waals surface area contributed by atoms with Gasteiger partial charge in [0.15, 0.2) is 25.2 Å². The van der Waals surface area contributed by atoms with Gasteiger partial charge in [-0.3, -0.25) is 33.7 Å². The second-order valence-corrected chi connectivity index (χ2v) is 20.9. The molecular weight excluding hydrogens is 1130 g/mol. The maximum absolute atomic E-state index is 13.4. The predicted molar refractivity (Wildman–Crippen MR) is 274 cm³/mol. The number of aliphatic hydroxyl groups is 12. The van der Waals surface area contributed by atoms with Crippen LogP contribution in [0, 0.1) is 0 Å². The molecule has 16 N–H and O–H groups in total. The van der Waals surface area contributed by atoms with E-state index in [9.17, 15) is 94.8 Å². The van der Waals surface area contributed by atoms with Gasteiger partial charge in [0.1, 0.15) is 79.4 Å². The van der Waals surface area contributed by atoms with Crippen molar-refractivity contribution in [1.82, 2.24) is 31.2 Å². The van der Waals surface area contributed by atoms with Crippen LogP contribution in [0.15, 0.2) is 0 Å². The van der Waals surface area contributed by atoms with Crippen molar-refractivity contribution in [1.29, 1.82) is 0 Å². The predicted octanol–water partition coefficient (Wildman–Crippen LogP) is -9.18. The standard InChI is InChI=1S/C50H84N6O28/c1-25-26(59)18-27(60)47(79-25)76-16-14-53-31(61)8-4-2-6-12-51-32(62)19-55(20-33(63)52-13-7-3-5-9-37(67)84-56-35(65)10-11-36(56)66)21-34(64)54-15-17-77-49-45(75)46(83-50-44(74)42(72)39(69)29(23-58)81-50)40(70)30(82-49)24-78-48-43(73)41(71)38(68)28(22-57)80-48/h25-30,38-50,57-60,68-75H,2-24H2,1H3,(H,51,62)(H,52,63)(H,53,61)(H,54,64)/t25-,26-,27-,28+,29+,30+,38+,39+,40+,41-,42-,43-,44-,45-,46-,47+,48-,49-,50+/m0/s1. The Hall–Kier alpha value is -4.35. The molecule has 0 aliphatic carbocycles. The van der Waals surface area contributed by atoms with Crippen molar-refractivity contribution in [3.05, 3.63) is 0 Å². The summed E-state index contributed by atoms with van der Waals surface area (Å²) in [4.78, 5) is 93.7. The number of imide groups is 1. The van der Waals surface area contributed by atoms with E-state index in [2.05, 4.69) is 21.3 Å². The Labute approximate surface area is 482 Å². The Balaban J connectivity index is 1.11. The van der Waals surface area contributed by atoms with Crippen LogP contribution in [0.4, 0.5) is 0 Å². The molecule has 0 aromatic rings. The molecule has 0 aromatic carbocycles. The number of carbonyl (C=O) groups is 7. The molecule has 0 saturated carbocycles. The van der Waals surface area contributed by atoms with Gasteiger partial charge in [0.25, 0.3) is 11.8 Å². The molecule has 482 valence electrons. The van der Waals surface area contributed by atoms with Gasteiger partial charge in [-0.25, -0.2) is 4.79 Å². The summed E-state index contributed by atoms with van der Waals surface area (Å²) in [7, 11) is 0. The van der Waals surface area contributed by atoms with Crippen LogP contribution < -0.4 is 21.3 Å². The lowest BCUT2D eigenvalue weighted by Gasteiger charge is -2.46. The number of unbranched alkanes of at least 4 members (excludes halogenated alkanes) is 4.